The van der Waals surface area contributed by atoms with Crippen LogP contribution < -0.4 is 5.73 Å². The highest BCUT2D eigenvalue weighted by atomic mass is 19.1. The van der Waals surface area contributed by atoms with Crippen LogP contribution in [0.15, 0.2) is 29.3 Å². The molecule has 1 aromatic rings. The van der Waals surface area contributed by atoms with Crippen molar-refractivity contribution in [3.8, 4) is 0 Å². The summed E-state index contributed by atoms with van der Waals surface area (Å²) < 4.78 is 13.8. The van der Waals surface area contributed by atoms with Crippen LogP contribution in [-0.2, 0) is 0 Å². The quantitative estimate of drug-likeness (QED) is 0.888. The van der Waals surface area contributed by atoms with Gasteiger partial charge in [-0.25, -0.2) is 9.18 Å². The molecule has 1 aromatic carbocycles. The zero-order valence-electron chi connectivity index (χ0n) is 9.84. The van der Waals surface area contributed by atoms with Gasteiger partial charge in [0.1, 0.15) is 17.7 Å². The topological polar surface area (TPSA) is 58.7 Å². The summed E-state index contributed by atoms with van der Waals surface area (Å²) in [6, 6.07) is 5.49. The Morgan fingerprint density at radius 3 is 2.78 bits per heavy atom. The average Bonchev–Trinajstić information content (AvgIpc) is 3.09. The van der Waals surface area contributed by atoms with Gasteiger partial charge in [0, 0.05) is 12.1 Å². The molecule has 3 rings (SSSR count). The predicted octanol–water partition coefficient (Wildman–Crippen LogP) is 2.07. The highest BCUT2D eigenvalue weighted by Crippen LogP contribution is 2.35. The maximum atomic E-state index is 13.8. The van der Waals surface area contributed by atoms with Crippen molar-refractivity contribution < 1.29 is 9.18 Å². The zero-order valence-corrected chi connectivity index (χ0v) is 9.84. The molecule has 0 spiro atoms. The van der Waals surface area contributed by atoms with Gasteiger partial charge in [0.15, 0.2) is 0 Å². The van der Waals surface area contributed by atoms with Crippen LogP contribution in [0, 0.1) is 11.7 Å². The molecule has 1 aliphatic heterocycles. The Balaban J connectivity index is 1.94. The maximum Gasteiger partial charge on any atom is 0.346 e. The number of halogens is 1. The van der Waals surface area contributed by atoms with Gasteiger partial charge in [-0.2, -0.15) is 4.99 Å². The standard InChI is InChI=1S/C13H14FN3O/c14-10-4-2-1-3-9(10)11-12(15)16-13(18)17(11)7-8-5-6-8/h1-4,8,11H,5-7H2,(H2,15,16,18). The summed E-state index contributed by atoms with van der Waals surface area (Å²) >= 11 is 0. The van der Waals surface area contributed by atoms with Crippen LogP contribution in [0.5, 0.6) is 0 Å². The molecule has 1 saturated carbocycles. The monoisotopic (exact) mass is 247 g/mol. The van der Waals surface area contributed by atoms with Crippen molar-refractivity contribution in [1.29, 1.82) is 0 Å². The van der Waals surface area contributed by atoms with Gasteiger partial charge in [0.2, 0.25) is 0 Å². The Morgan fingerprint density at radius 2 is 2.11 bits per heavy atom. The van der Waals surface area contributed by atoms with Crippen LogP contribution in [0.25, 0.3) is 0 Å². The fourth-order valence-corrected chi connectivity index (χ4v) is 2.29. The number of hydrogen-bond donors (Lipinski definition) is 1. The Morgan fingerprint density at radius 1 is 1.39 bits per heavy atom. The number of amidine groups is 1. The van der Waals surface area contributed by atoms with Crippen molar-refractivity contribution >= 4 is 11.9 Å². The summed E-state index contributed by atoms with van der Waals surface area (Å²) in [5.41, 5.74) is 6.20. The second kappa shape index (κ2) is 4.08. The summed E-state index contributed by atoms with van der Waals surface area (Å²) in [4.78, 5) is 17.1. The van der Waals surface area contributed by atoms with Crippen molar-refractivity contribution in [2.45, 2.75) is 18.9 Å². The minimum absolute atomic E-state index is 0.186. The van der Waals surface area contributed by atoms with E-state index in [0.29, 0.717) is 18.0 Å². The van der Waals surface area contributed by atoms with E-state index in [0.717, 1.165) is 12.8 Å². The molecule has 18 heavy (non-hydrogen) atoms. The van der Waals surface area contributed by atoms with E-state index in [1.165, 1.54) is 6.07 Å². The summed E-state index contributed by atoms with van der Waals surface area (Å²) in [6.07, 6.45) is 2.24. The molecule has 1 aliphatic carbocycles. The summed E-state index contributed by atoms with van der Waals surface area (Å²) in [5.74, 6) is 0.353. The average molecular weight is 247 g/mol. The van der Waals surface area contributed by atoms with Crippen molar-refractivity contribution in [2.75, 3.05) is 6.54 Å². The fourth-order valence-electron chi connectivity index (χ4n) is 2.29. The molecule has 2 amide bonds. The predicted molar refractivity (Wildman–Crippen MR) is 65.6 cm³/mol. The first-order valence-corrected chi connectivity index (χ1v) is 6.06. The number of nitrogens with two attached hydrogens (primary N) is 1. The van der Waals surface area contributed by atoms with Gasteiger partial charge < -0.3 is 10.6 Å². The third-order valence-corrected chi connectivity index (χ3v) is 3.41. The number of rotatable bonds is 3. The number of aliphatic imine (C=N–C) groups is 1. The van der Waals surface area contributed by atoms with Crippen LogP contribution >= 0.6 is 0 Å². The minimum Gasteiger partial charge on any atom is -0.385 e. The summed E-state index contributed by atoms with van der Waals surface area (Å²) in [6.45, 7) is 0.613. The number of carbonyl (C=O) groups is 1. The van der Waals surface area contributed by atoms with Gasteiger partial charge in [0.05, 0.1) is 0 Å². The third-order valence-electron chi connectivity index (χ3n) is 3.41. The van der Waals surface area contributed by atoms with Gasteiger partial charge in [-0.3, -0.25) is 0 Å². The van der Waals surface area contributed by atoms with Crippen LogP contribution in [-0.4, -0.2) is 23.3 Å². The van der Waals surface area contributed by atoms with E-state index in [1.54, 1.807) is 23.1 Å². The lowest BCUT2D eigenvalue weighted by atomic mass is 10.0. The van der Waals surface area contributed by atoms with Gasteiger partial charge in [-0.05, 0) is 24.8 Å². The molecule has 94 valence electrons. The number of benzene rings is 1. The van der Waals surface area contributed by atoms with E-state index in [2.05, 4.69) is 4.99 Å². The Kier molecular flexibility index (Phi) is 2.54. The minimum atomic E-state index is -0.542. The molecular weight excluding hydrogens is 233 g/mol. The van der Waals surface area contributed by atoms with Crippen molar-refractivity contribution in [2.24, 2.45) is 16.6 Å². The SMILES string of the molecule is NC1=NC(=O)N(CC2CC2)C1c1ccccc1F. The lowest BCUT2D eigenvalue weighted by Crippen LogP contribution is -2.35. The lowest BCUT2D eigenvalue weighted by molar-refractivity contribution is 0.203. The molecule has 0 saturated heterocycles. The third kappa shape index (κ3) is 1.85. The van der Waals surface area contributed by atoms with Crippen LogP contribution in [0.3, 0.4) is 0 Å². The zero-order chi connectivity index (χ0) is 12.7. The Labute approximate surface area is 104 Å². The molecule has 0 aromatic heterocycles. The van der Waals surface area contributed by atoms with Gasteiger partial charge in [-0.1, -0.05) is 18.2 Å². The van der Waals surface area contributed by atoms with E-state index in [1.807, 2.05) is 0 Å². The van der Waals surface area contributed by atoms with Crippen LogP contribution in [0.4, 0.5) is 9.18 Å². The van der Waals surface area contributed by atoms with Crippen LogP contribution in [0.2, 0.25) is 0 Å². The normalized spacial score (nSPS) is 23.4. The van der Waals surface area contributed by atoms with E-state index >= 15 is 0 Å². The smallest absolute Gasteiger partial charge is 0.346 e. The van der Waals surface area contributed by atoms with E-state index in [-0.39, 0.29) is 17.7 Å². The molecular formula is C13H14FN3O. The number of hydrogen-bond acceptors (Lipinski definition) is 2. The number of urea groups is 1. The first kappa shape index (κ1) is 11.2. The van der Waals surface area contributed by atoms with E-state index in [9.17, 15) is 9.18 Å². The Bertz CT molecular complexity index is 525. The number of amides is 2. The molecule has 2 N–H and O–H groups in total. The second-order valence-electron chi connectivity index (χ2n) is 4.84. The van der Waals surface area contributed by atoms with Crippen molar-refractivity contribution in [3.63, 3.8) is 0 Å². The molecule has 4 nitrogen and oxygen atoms in total. The molecule has 2 aliphatic rings. The molecule has 0 radical (unpaired) electrons. The molecule has 1 unspecified atom stereocenters. The maximum absolute atomic E-state index is 13.8. The van der Waals surface area contributed by atoms with E-state index in [4.69, 9.17) is 5.73 Å². The summed E-state index contributed by atoms with van der Waals surface area (Å²) in [5, 5.41) is 0. The Hall–Kier alpha value is -1.91. The first-order valence-electron chi connectivity index (χ1n) is 6.06. The molecule has 1 fully saturated rings. The van der Waals surface area contributed by atoms with Crippen molar-refractivity contribution in [3.05, 3.63) is 35.6 Å². The molecule has 5 heteroatoms. The number of nitrogens with zero attached hydrogens (tertiary/aromatic N) is 2. The molecule has 1 atom stereocenters. The lowest BCUT2D eigenvalue weighted by Gasteiger charge is -2.24. The van der Waals surface area contributed by atoms with Crippen molar-refractivity contribution in [1.82, 2.24) is 4.90 Å². The fraction of sp³-hybridized carbons (Fsp3) is 0.385. The molecule has 1 heterocycles. The highest BCUT2D eigenvalue weighted by molar-refractivity contribution is 6.03. The van der Waals surface area contributed by atoms with Crippen LogP contribution in [0.1, 0.15) is 24.4 Å². The summed E-state index contributed by atoms with van der Waals surface area (Å²) in [7, 11) is 0. The second-order valence-corrected chi connectivity index (χ2v) is 4.84. The largest absolute Gasteiger partial charge is 0.385 e. The first-order chi connectivity index (χ1) is 8.66. The number of carbonyl (C=O) groups excluding carboxylic acids is 1. The highest BCUT2D eigenvalue weighted by Gasteiger charge is 2.39. The van der Waals surface area contributed by atoms with Gasteiger partial charge in [0.25, 0.3) is 0 Å². The van der Waals surface area contributed by atoms with Gasteiger partial charge in [-0.15, -0.1) is 0 Å². The van der Waals surface area contributed by atoms with Gasteiger partial charge >= 0.3 is 6.03 Å². The van der Waals surface area contributed by atoms with E-state index < -0.39 is 6.04 Å². The molecule has 0 bridgehead atoms.